The first-order valence-electron chi connectivity index (χ1n) is 5.39. The van der Waals surface area contributed by atoms with Gasteiger partial charge in [-0.25, -0.2) is 4.79 Å². The molecule has 1 aromatic rings. The molecule has 1 aliphatic carbocycles. The molecular weight excluding hydrogens is 251 g/mol. The van der Waals surface area contributed by atoms with E-state index in [4.69, 9.17) is 15.6 Å². The van der Waals surface area contributed by atoms with Gasteiger partial charge in [-0.15, -0.1) is 0 Å². The molecule has 4 N–H and O–H groups in total. The fourth-order valence-electron chi connectivity index (χ4n) is 1.40. The number of carbonyl (C=O) groups is 1. The molecule has 0 bridgehead atoms. The van der Waals surface area contributed by atoms with Crippen LogP contribution in [0.15, 0.2) is 6.07 Å². The van der Waals surface area contributed by atoms with Gasteiger partial charge in [0.05, 0.1) is 5.69 Å². The number of carboxylic acid groups (broad SMARTS) is 1. The Hall–Kier alpha value is -1.57. The lowest BCUT2D eigenvalue weighted by Gasteiger charge is -2.22. The van der Waals surface area contributed by atoms with E-state index in [-0.39, 0.29) is 0 Å². The second-order valence-electron chi connectivity index (χ2n) is 3.95. The normalized spacial score (nSPS) is 15.6. The third-order valence-electron chi connectivity index (χ3n) is 2.64. The molecule has 1 saturated carbocycles. The van der Waals surface area contributed by atoms with Crippen LogP contribution in [0.3, 0.4) is 0 Å². The SMILES string of the molecule is NCc1cc(C2CCC2)n[nH]1.O=C(O)C(F)(F)F. The number of carboxylic acids is 1. The zero-order valence-corrected chi connectivity index (χ0v) is 9.50. The molecule has 0 saturated heterocycles. The Labute approximate surface area is 101 Å². The van der Waals surface area contributed by atoms with Crippen LogP contribution in [0.4, 0.5) is 13.2 Å². The highest BCUT2D eigenvalue weighted by Crippen LogP contribution is 2.35. The number of nitrogens with two attached hydrogens (primary N) is 1. The summed E-state index contributed by atoms with van der Waals surface area (Å²) >= 11 is 0. The summed E-state index contributed by atoms with van der Waals surface area (Å²) in [6, 6.07) is 2.09. The summed E-state index contributed by atoms with van der Waals surface area (Å²) in [6.45, 7) is 0.569. The lowest BCUT2D eigenvalue weighted by Crippen LogP contribution is -2.21. The van der Waals surface area contributed by atoms with Gasteiger partial charge in [-0.3, -0.25) is 5.10 Å². The second kappa shape index (κ2) is 5.85. The van der Waals surface area contributed by atoms with Crippen LogP contribution in [0.5, 0.6) is 0 Å². The number of alkyl halides is 3. The van der Waals surface area contributed by atoms with Gasteiger partial charge in [0.15, 0.2) is 0 Å². The highest BCUT2D eigenvalue weighted by Gasteiger charge is 2.38. The summed E-state index contributed by atoms with van der Waals surface area (Å²) < 4.78 is 31.7. The molecule has 0 unspecified atom stereocenters. The van der Waals surface area contributed by atoms with Gasteiger partial charge in [-0.1, -0.05) is 6.42 Å². The second-order valence-corrected chi connectivity index (χ2v) is 3.95. The maximum atomic E-state index is 10.6. The molecule has 102 valence electrons. The molecule has 0 spiro atoms. The number of H-pyrrole nitrogens is 1. The predicted octanol–water partition coefficient (Wildman–Crippen LogP) is 1.77. The monoisotopic (exact) mass is 265 g/mol. The molecule has 1 aliphatic rings. The van der Waals surface area contributed by atoms with Crippen molar-refractivity contribution in [3.05, 3.63) is 17.5 Å². The molecule has 1 aromatic heterocycles. The number of halogens is 3. The molecule has 8 heteroatoms. The van der Waals surface area contributed by atoms with E-state index in [1.165, 1.54) is 25.0 Å². The van der Waals surface area contributed by atoms with E-state index in [1.54, 1.807) is 0 Å². The lowest BCUT2D eigenvalue weighted by molar-refractivity contribution is -0.192. The van der Waals surface area contributed by atoms with Gasteiger partial charge < -0.3 is 10.8 Å². The van der Waals surface area contributed by atoms with E-state index in [1.807, 2.05) is 0 Å². The minimum atomic E-state index is -5.08. The molecule has 0 aromatic carbocycles. The van der Waals surface area contributed by atoms with Crippen LogP contribution in [0.25, 0.3) is 0 Å². The number of aromatic nitrogens is 2. The summed E-state index contributed by atoms with van der Waals surface area (Å²) in [7, 11) is 0. The van der Waals surface area contributed by atoms with Crippen molar-refractivity contribution >= 4 is 5.97 Å². The average Bonchev–Trinajstić information content (AvgIpc) is 2.63. The molecule has 0 atom stereocenters. The van der Waals surface area contributed by atoms with Crippen LogP contribution in [0.2, 0.25) is 0 Å². The van der Waals surface area contributed by atoms with Crippen molar-refractivity contribution in [3.63, 3.8) is 0 Å². The van der Waals surface area contributed by atoms with Crippen LogP contribution >= 0.6 is 0 Å². The fraction of sp³-hybridized carbons (Fsp3) is 0.600. The molecule has 2 rings (SSSR count). The van der Waals surface area contributed by atoms with Gasteiger partial charge in [0.1, 0.15) is 0 Å². The van der Waals surface area contributed by atoms with Crippen molar-refractivity contribution in [2.24, 2.45) is 5.73 Å². The molecule has 1 heterocycles. The first kappa shape index (κ1) is 14.5. The van der Waals surface area contributed by atoms with E-state index in [0.29, 0.717) is 12.5 Å². The van der Waals surface area contributed by atoms with Gasteiger partial charge in [0.25, 0.3) is 0 Å². The number of nitrogens with one attached hydrogen (secondary N) is 1. The summed E-state index contributed by atoms with van der Waals surface area (Å²) in [4.78, 5) is 8.90. The number of hydrogen-bond acceptors (Lipinski definition) is 3. The number of nitrogens with zero attached hydrogens (tertiary/aromatic N) is 1. The van der Waals surface area contributed by atoms with Crippen LogP contribution < -0.4 is 5.73 Å². The average molecular weight is 265 g/mol. The topological polar surface area (TPSA) is 92.0 Å². The number of hydrogen-bond donors (Lipinski definition) is 3. The summed E-state index contributed by atoms with van der Waals surface area (Å²) in [6.07, 6.45) is -1.13. The Bertz CT molecular complexity index is 399. The highest BCUT2D eigenvalue weighted by atomic mass is 19.4. The summed E-state index contributed by atoms with van der Waals surface area (Å²) in [5, 5.41) is 14.3. The van der Waals surface area contributed by atoms with Crippen LogP contribution in [0, 0.1) is 0 Å². The molecule has 0 aliphatic heterocycles. The summed E-state index contributed by atoms with van der Waals surface area (Å²) in [5.74, 6) is -2.04. The lowest BCUT2D eigenvalue weighted by atomic mass is 9.83. The van der Waals surface area contributed by atoms with Crippen LogP contribution in [-0.2, 0) is 11.3 Å². The maximum Gasteiger partial charge on any atom is 0.490 e. The molecule has 5 nitrogen and oxygen atoms in total. The zero-order valence-electron chi connectivity index (χ0n) is 9.50. The minimum Gasteiger partial charge on any atom is -0.475 e. The first-order valence-corrected chi connectivity index (χ1v) is 5.39. The van der Waals surface area contributed by atoms with Crippen molar-refractivity contribution < 1.29 is 23.1 Å². The molecule has 1 fully saturated rings. The first-order chi connectivity index (χ1) is 8.34. The summed E-state index contributed by atoms with van der Waals surface area (Å²) in [5.41, 5.74) is 7.70. The molecule has 0 radical (unpaired) electrons. The van der Waals surface area contributed by atoms with Crippen molar-refractivity contribution in [1.29, 1.82) is 0 Å². The smallest absolute Gasteiger partial charge is 0.475 e. The van der Waals surface area contributed by atoms with E-state index in [2.05, 4.69) is 16.3 Å². The number of aromatic amines is 1. The Balaban J connectivity index is 0.000000203. The fourth-order valence-corrected chi connectivity index (χ4v) is 1.40. The Kier molecular flexibility index (Phi) is 4.71. The van der Waals surface area contributed by atoms with Gasteiger partial charge in [-0.05, 0) is 18.9 Å². The van der Waals surface area contributed by atoms with Gasteiger partial charge >= 0.3 is 12.1 Å². The predicted molar refractivity (Wildman–Crippen MR) is 56.8 cm³/mol. The Morgan fingerprint density at radius 1 is 1.56 bits per heavy atom. The largest absolute Gasteiger partial charge is 0.490 e. The van der Waals surface area contributed by atoms with Crippen LogP contribution in [-0.4, -0.2) is 27.4 Å². The van der Waals surface area contributed by atoms with Gasteiger partial charge in [-0.2, -0.15) is 18.3 Å². The molecule has 0 amide bonds. The van der Waals surface area contributed by atoms with Gasteiger partial charge in [0.2, 0.25) is 0 Å². The van der Waals surface area contributed by atoms with E-state index in [9.17, 15) is 13.2 Å². The highest BCUT2D eigenvalue weighted by molar-refractivity contribution is 5.73. The maximum absolute atomic E-state index is 10.6. The zero-order chi connectivity index (χ0) is 13.8. The van der Waals surface area contributed by atoms with Crippen molar-refractivity contribution in [2.75, 3.05) is 0 Å². The third-order valence-corrected chi connectivity index (χ3v) is 2.64. The van der Waals surface area contributed by atoms with Crippen LogP contribution in [0.1, 0.15) is 36.6 Å². The van der Waals surface area contributed by atoms with Crippen molar-refractivity contribution in [1.82, 2.24) is 10.2 Å². The number of rotatable bonds is 2. The number of aliphatic carboxylic acids is 1. The quantitative estimate of drug-likeness (QED) is 0.759. The third kappa shape index (κ3) is 4.02. The molecular formula is C10H14F3N3O2. The van der Waals surface area contributed by atoms with E-state index < -0.39 is 12.1 Å². The standard InChI is InChI=1S/C8H13N3.C2HF3O2/c9-5-7-4-8(11-10-7)6-2-1-3-6;3-2(4,5)1(6)7/h4,6H,1-3,5,9H2,(H,10,11);(H,6,7). The van der Waals surface area contributed by atoms with Crippen molar-refractivity contribution in [3.8, 4) is 0 Å². The minimum absolute atomic E-state index is 0.569. The van der Waals surface area contributed by atoms with E-state index >= 15 is 0 Å². The Morgan fingerprint density at radius 2 is 2.11 bits per heavy atom. The molecule has 18 heavy (non-hydrogen) atoms. The van der Waals surface area contributed by atoms with Gasteiger partial charge in [0, 0.05) is 18.2 Å². The van der Waals surface area contributed by atoms with E-state index in [0.717, 1.165) is 5.69 Å². The van der Waals surface area contributed by atoms with Crippen molar-refractivity contribution in [2.45, 2.75) is 37.9 Å². The Morgan fingerprint density at radius 3 is 2.39 bits per heavy atom.